The number of nitrogens with zero attached hydrogens (tertiary/aromatic N) is 1. The molecule has 0 aromatic carbocycles. The molecule has 0 aliphatic carbocycles. The minimum Gasteiger partial charge on any atom is -0.506 e. The molecule has 1 aromatic heterocycles. The molecule has 0 fully saturated rings. The standard InChI is InChI=1S/C6H8N2O/c7-3-5-1-2-8-4-6(5)9/h1-2,4,9H,3,7H2. The Kier molecular flexibility index (Phi) is 1.65. The first-order chi connectivity index (χ1) is 4.34. The molecular weight excluding hydrogens is 116 g/mol. The second-order valence-electron chi connectivity index (χ2n) is 1.71. The molecule has 0 aliphatic heterocycles. The molecule has 0 spiro atoms. The average Bonchev–Trinajstić information content (AvgIpc) is 1.89. The summed E-state index contributed by atoms with van der Waals surface area (Å²) in [5.41, 5.74) is 5.99. The van der Waals surface area contributed by atoms with E-state index >= 15 is 0 Å². The lowest BCUT2D eigenvalue weighted by Gasteiger charge is -1.96. The van der Waals surface area contributed by atoms with Crippen molar-refractivity contribution >= 4 is 0 Å². The number of aromatic hydroxyl groups is 1. The fraction of sp³-hybridized carbons (Fsp3) is 0.167. The summed E-state index contributed by atoms with van der Waals surface area (Å²) in [5.74, 6) is 0.167. The lowest BCUT2D eigenvalue weighted by Crippen LogP contribution is -1.96. The van der Waals surface area contributed by atoms with Crippen molar-refractivity contribution in [1.29, 1.82) is 0 Å². The molecule has 1 rings (SSSR count). The summed E-state index contributed by atoms with van der Waals surface area (Å²) in [4.78, 5) is 3.69. The Morgan fingerprint density at radius 1 is 1.67 bits per heavy atom. The van der Waals surface area contributed by atoms with Gasteiger partial charge in [-0.05, 0) is 6.07 Å². The lowest BCUT2D eigenvalue weighted by molar-refractivity contribution is 0.465. The molecule has 0 atom stereocenters. The van der Waals surface area contributed by atoms with E-state index in [1.807, 2.05) is 0 Å². The van der Waals surface area contributed by atoms with E-state index in [0.717, 1.165) is 5.56 Å². The highest BCUT2D eigenvalue weighted by Gasteiger charge is 1.93. The van der Waals surface area contributed by atoms with Crippen LogP contribution in [0.15, 0.2) is 18.5 Å². The second kappa shape index (κ2) is 2.46. The average molecular weight is 124 g/mol. The van der Waals surface area contributed by atoms with Crippen molar-refractivity contribution in [3.8, 4) is 5.75 Å². The first kappa shape index (κ1) is 6.04. The quantitative estimate of drug-likeness (QED) is 0.564. The van der Waals surface area contributed by atoms with Crippen LogP contribution in [0.25, 0.3) is 0 Å². The van der Waals surface area contributed by atoms with Crippen molar-refractivity contribution in [2.24, 2.45) is 5.73 Å². The van der Waals surface area contributed by atoms with Gasteiger partial charge in [-0.2, -0.15) is 0 Å². The van der Waals surface area contributed by atoms with Gasteiger partial charge in [0.05, 0.1) is 6.20 Å². The number of pyridine rings is 1. The maximum absolute atomic E-state index is 8.97. The molecule has 3 nitrogen and oxygen atoms in total. The Hall–Kier alpha value is -1.09. The molecule has 0 radical (unpaired) electrons. The maximum atomic E-state index is 8.97. The maximum Gasteiger partial charge on any atom is 0.138 e. The summed E-state index contributed by atoms with van der Waals surface area (Å²) in [6, 6.07) is 1.69. The molecule has 0 amide bonds. The Morgan fingerprint density at radius 3 is 2.89 bits per heavy atom. The smallest absolute Gasteiger partial charge is 0.138 e. The van der Waals surface area contributed by atoms with Crippen LogP contribution in [0.3, 0.4) is 0 Å². The van der Waals surface area contributed by atoms with E-state index in [9.17, 15) is 0 Å². The van der Waals surface area contributed by atoms with Gasteiger partial charge < -0.3 is 10.8 Å². The van der Waals surface area contributed by atoms with E-state index in [1.165, 1.54) is 6.20 Å². The van der Waals surface area contributed by atoms with E-state index < -0.39 is 0 Å². The fourth-order valence-electron chi connectivity index (χ4n) is 0.588. The van der Waals surface area contributed by atoms with Crippen LogP contribution >= 0.6 is 0 Å². The van der Waals surface area contributed by atoms with Gasteiger partial charge in [0, 0.05) is 18.3 Å². The fourth-order valence-corrected chi connectivity index (χ4v) is 0.588. The zero-order valence-corrected chi connectivity index (χ0v) is 4.91. The van der Waals surface area contributed by atoms with Crippen molar-refractivity contribution in [2.45, 2.75) is 6.54 Å². The van der Waals surface area contributed by atoms with Crippen LogP contribution in [0.5, 0.6) is 5.75 Å². The zero-order valence-electron chi connectivity index (χ0n) is 4.91. The van der Waals surface area contributed by atoms with Crippen molar-refractivity contribution in [2.75, 3.05) is 0 Å². The van der Waals surface area contributed by atoms with Crippen molar-refractivity contribution in [3.63, 3.8) is 0 Å². The summed E-state index contributed by atoms with van der Waals surface area (Å²) in [6.07, 6.45) is 2.98. The van der Waals surface area contributed by atoms with Crippen molar-refractivity contribution in [1.82, 2.24) is 4.98 Å². The van der Waals surface area contributed by atoms with Gasteiger partial charge in [0.1, 0.15) is 5.75 Å². The minimum absolute atomic E-state index is 0.167. The Bertz CT molecular complexity index is 200. The van der Waals surface area contributed by atoms with Crippen LogP contribution in [0.4, 0.5) is 0 Å². The molecule has 48 valence electrons. The molecule has 0 bridgehead atoms. The zero-order chi connectivity index (χ0) is 6.69. The van der Waals surface area contributed by atoms with E-state index in [2.05, 4.69) is 4.98 Å². The topological polar surface area (TPSA) is 59.1 Å². The lowest BCUT2D eigenvalue weighted by atomic mass is 10.2. The number of aromatic nitrogens is 1. The van der Waals surface area contributed by atoms with E-state index in [1.54, 1.807) is 12.3 Å². The van der Waals surface area contributed by atoms with Crippen LogP contribution in [0.2, 0.25) is 0 Å². The molecule has 9 heavy (non-hydrogen) atoms. The first-order valence-corrected chi connectivity index (χ1v) is 2.66. The van der Waals surface area contributed by atoms with Gasteiger partial charge in [-0.1, -0.05) is 0 Å². The molecule has 3 N–H and O–H groups in total. The predicted molar refractivity (Wildman–Crippen MR) is 33.8 cm³/mol. The van der Waals surface area contributed by atoms with Gasteiger partial charge in [0.25, 0.3) is 0 Å². The summed E-state index contributed by atoms with van der Waals surface area (Å²) in [5, 5.41) is 8.97. The molecule has 0 aliphatic rings. The number of rotatable bonds is 1. The van der Waals surface area contributed by atoms with E-state index in [0.29, 0.717) is 6.54 Å². The van der Waals surface area contributed by atoms with E-state index in [4.69, 9.17) is 10.8 Å². The van der Waals surface area contributed by atoms with Crippen LogP contribution in [0, 0.1) is 0 Å². The largest absolute Gasteiger partial charge is 0.506 e. The Morgan fingerprint density at radius 2 is 2.44 bits per heavy atom. The van der Waals surface area contributed by atoms with Crippen molar-refractivity contribution < 1.29 is 5.11 Å². The van der Waals surface area contributed by atoms with Crippen molar-refractivity contribution in [3.05, 3.63) is 24.0 Å². The minimum atomic E-state index is 0.167. The van der Waals surface area contributed by atoms with Gasteiger partial charge in [-0.25, -0.2) is 0 Å². The molecular formula is C6H8N2O. The van der Waals surface area contributed by atoms with E-state index in [-0.39, 0.29) is 5.75 Å². The van der Waals surface area contributed by atoms with Crippen LogP contribution < -0.4 is 5.73 Å². The summed E-state index contributed by atoms with van der Waals surface area (Å²) in [6.45, 7) is 0.356. The molecule has 1 aromatic rings. The summed E-state index contributed by atoms with van der Waals surface area (Å²) in [7, 11) is 0. The van der Waals surface area contributed by atoms with Gasteiger partial charge >= 0.3 is 0 Å². The van der Waals surface area contributed by atoms with Crippen LogP contribution in [-0.4, -0.2) is 10.1 Å². The number of nitrogens with two attached hydrogens (primary N) is 1. The molecule has 1 heterocycles. The third-order valence-corrected chi connectivity index (χ3v) is 1.11. The molecule has 0 saturated carbocycles. The van der Waals surface area contributed by atoms with Gasteiger partial charge in [0.2, 0.25) is 0 Å². The van der Waals surface area contributed by atoms with Crippen LogP contribution in [-0.2, 0) is 6.54 Å². The third-order valence-electron chi connectivity index (χ3n) is 1.11. The highest BCUT2D eigenvalue weighted by molar-refractivity contribution is 5.27. The highest BCUT2D eigenvalue weighted by atomic mass is 16.3. The van der Waals surface area contributed by atoms with Gasteiger partial charge in [-0.15, -0.1) is 0 Å². The van der Waals surface area contributed by atoms with Crippen LogP contribution in [0.1, 0.15) is 5.56 Å². The van der Waals surface area contributed by atoms with Gasteiger partial charge in [-0.3, -0.25) is 4.98 Å². The monoisotopic (exact) mass is 124 g/mol. The highest BCUT2D eigenvalue weighted by Crippen LogP contribution is 2.11. The summed E-state index contributed by atoms with van der Waals surface area (Å²) < 4.78 is 0. The molecule has 3 heteroatoms. The Balaban J connectivity index is 3.01. The molecule has 0 unspecified atom stereocenters. The SMILES string of the molecule is NCc1ccncc1O. The Labute approximate surface area is 53.2 Å². The predicted octanol–water partition coefficient (Wildman–Crippen LogP) is 0.246. The number of hydrogen-bond donors (Lipinski definition) is 2. The normalized spacial score (nSPS) is 9.44. The second-order valence-corrected chi connectivity index (χ2v) is 1.71. The third kappa shape index (κ3) is 1.17. The summed E-state index contributed by atoms with van der Waals surface area (Å²) >= 11 is 0. The van der Waals surface area contributed by atoms with Gasteiger partial charge in [0.15, 0.2) is 0 Å². The first-order valence-electron chi connectivity index (χ1n) is 2.66. The molecule has 0 saturated heterocycles. The number of hydrogen-bond acceptors (Lipinski definition) is 3.